The minimum Gasteiger partial charge on any atom is -0.354 e. The Hall–Kier alpha value is -2.32. The summed E-state index contributed by atoms with van der Waals surface area (Å²) in [5.74, 6) is 2.35. The molecule has 25 heavy (non-hydrogen) atoms. The summed E-state index contributed by atoms with van der Waals surface area (Å²) >= 11 is 1.62. The molecule has 4 rings (SSSR count). The van der Waals surface area contributed by atoms with Crippen LogP contribution in [0.5, 0.6) is 0 Å². The second-order valence-corrected chi connectivity index (χ2v) is 7.10. The van der Waals surface area contributed by atoms with Crippen LogP contribution in [0.3, 0.4) is 0 Å². The largest absolute Gasteiger partial charge is 0.354 e. The molecule has 0 radical (unpaired) electrons. The van der Waals surface area contributed by atoms with E-state index in [1.807, 2.05) is 30.5 Å². The SMILES string of the molecule is Cc1cc(N2CCN(C(C)c3nc(-c4cccs4)no3)CC2)ncn1. The van der Waals surface area contributed by atoms with E-state index in [2.05, 4.69) is 36.8 Å². The summed E-state index contributed by atoms with van der Waals surface area (Å²) < 4.78 is 5.50. The third-order valence-electron chi connectivity index (χ3n) is 4.52. The van der Waals surface area contributed by atoms with Crippen molar-refractivity contribution < 1.29 is 4.52 Å². The van der Waals surface area contributed by atoms with Crippen molar-refractivity contribution in [1.82, 2.24) is 25.0 Å². The molecular formula is C17H20N6OS. The van der Waals surface area contributed by atoms with Crippen LogP contribution in [0.4, 0.5) is 5.82 Å². The average Bonchev–Trinajstić information content (AvgIpc) is 3.32. The number of hydrogen-bond donors (Lipinski definition) is 0. The van der Waals surface area contributed by atoms with E-state index in [9.17, 15) is 0 Å². The van der Waals surface area contributed by atoms with Gasteiger partial charge in [0.15, 0.2) is 0 Å². The first-order chi connectivity index (χ1) is 12.2. The Morgan fingerprint density at radius 1 is 1.20 bits per heavy atom. The van der Waals surface area contributed by atoms with Gasteiger partial charge in [-0.05, 0) is 25.3 Å². The van der Waals surface area contributed by atoms with Gasteiger partial charge in [0.1, 0.15) is 12.1 Å². The molecular weight excluding hydrogens is 336 g/mol. The quantitative estimate of drug-likeness (QED) is 0.712. The van der Waals surface area contributed by atoms with E-state index in [1.54, 1.807) is 17.7 Å². The van der Waals surface area contributed by atoms with Gasteiger partial charge in [0.05, 0.1) is 10.9 Å². The van der Waals surface area contributed by atoms with E-state index in [-0.39, 0.29) is 6.04 Å². The Balaban J connectivity index is 1.40. The van der Waals surface area contributed by atoms with Gasteiger partial charge in [-0.3, -0.25) is 4.90 Å². The van der Waals surface area contributed by atoms with Crippen LogP contribution in [0.15, 0.2) is 34.4 Å². The normalized spacial score (nSPS) is 17.0. The summed E-state index contributed by atoms with van der Waals surface area (Å²) in [6.45, 7) is 7.82. The van der Waals surface area contributed by atoms with Crippen molar-refractivity contribution in [2.24, 2.45) is 0 Å². The molecule has 0 bridgehead atoms. The van der Waals surface area contributed by atoms with Crippen LogP contribution in [-0.4, -0.2) is 51.2 Å². The fourth-order valence-electron chi connectivity index (χ4n) is 3.02. The molecule has 0 amide bonds. The summed E-state index contributed by atoms with van der Waals surface area (Å²) in [4.78, 5) is 18.8. The highest BCUT2D eigenvalue weighted by Crippen LogP contribution is 2.26. The molecule has 3 aromatic heterocycles. The first-order valence-electron chi connectivity index (χ1n) is 8.36. The molecule has 1 atom stereocenters. The van der Waals surface area contributed by atoms with Gasteiger partial charge in [-0.1, -0.05) is 11.2 Å². The van der Waals surface area contributed by atoms with Crippen molar-refractivity contribution in [2.45, 2.75) is 19.9 Å². The van der Waals surface area contributed by atoms with Gasteiger partial charge in [0, 0.05) is 37.9 Å². The monoisotopic (exact) mass is 356 g/mol. The van der Waals surface area contributed by atoms with Gasteiger partial charge in [-0.25, -0.2) is 9.97 Å². The molecule has 0 saturated carbocycles. The molecule has 0 spiro atoms. The summed E-state index contributed by atoms with van der Waals surface area (Å²) in [7, 11) is 0. The number of thiophene rings is 1. The number of aryl methyl sites for hydroxylation is 1. The lowest BCUT2D eigenvalue weighted by Gasteiger charge is -2.37. The number of aromatic nitrogens is 4. The molecule has 1 fully saturated rings. The molecule has 1 saturated heterocycles. The summed E-state index contributed by atoms with van der Waals surface area (Å²) in [6, 6.07) is 6.14. The summed E-state index contributed by atoms with van der Waals surface area (Å²) in [5.41, 5.74) is 0.993. The van der Waals surface area contributed by atoms with Crippen LogP contribution in [0.2, 0.25) is 0 Å². The molecule has 4 heterocycles. The van der Waals surface area contributed by atoms with E-state index in [0.29, 0.717) is 11.7 Å². The van der Waals surface area contributed by atoms with Crippen LogP contribution < -0.4 is 4.90 Å². The minimum absolute atomic E-state index is 0.107. The summed E-state index contributed by atoms with van der Waals surface area (Å²) in [5, 5.41) is 6.13. The lowest BCUT2D eigenvalue weighted by molar-refractivity contribution is 0.164. The minimum atomic E-state index is 0.107. The molecule has 7 nitrogen and oxygen atoms in total. The van der Waals surface area contributed by atoms with Crippen LogP contribution in [0.25, 0.3) is 10.7 Å². The predicted molar refractivity (Wildman–Crippen MR) is 96.6 cm³/mol. The van der Waals surface area contributed by atoms with Crippen molar-refractivity contribution in [1.29, 1.82) is 0 Å². The predicted octanol–water partition coefficient (Wildman–Crippen LogP) is 2.78. The lowest BCUT2D eigenvalue weighted by Crippen LogP contribution is -2.47. The third kappa shape index (κ3) is 3.40. The Kier molecular flexibility index (Phi) is 4.46. The van der Waals surface area contributed by atoms with Gasteiger partial charge in [-0.15, -0.1) is 11.3 Å². The van der Waals surface area contributed by atoms with Crippen LogP contribution in [0.1, 0.15) is 24.6 Å². The number of rotatable bonds is 4. The zero-order chi connectivity index (χ0) is 17.2. The lowest BCUT2D eigenvalue weighted by atomic mass is 10.2. The molecule has 1 aliphatic heterocycles. The number of anilines is 1. The van der Waals surface area contributed by atoms with E-state index in [0.717, 1.165) is 42.6 Å². The van der Waals surface area contributed by atoms with Crippen LogP contribution in [0, 0.1) is 6.92 Å². The van der Waals surface area contributed by atoms with Crippen molar-refractivity contribution >= 4 is 17.2 Å². The average molecular weight is 356 g/mol. The molecule has 8 heteroatoms. The topological polar surface area (TPSA) is 71.2 Å². The van der Waals surface area contributed by atoms with E-state index in [1.165, 1.54) is 0 Å². The van der Waals surface area contributed by atoms with E-state index >= 15 is 0 Å². The number of nitrogens with zero attached hydrogens (tertiary/aromatic N) is 6. The van der Waals surface area contributed by atoms with E-state index in [4.69, 9.17) is 4.52 Å². The Bertz CT molecular complexity index is 825. The van der Waals surface area contributed by atoms with Crippen LogP contribution >= 0.6 is 11.3 Å². The fourth-order valence-corrected chi connectivity index (χ4v) is 3.67. The highest BCUT2D eigenvalue weighted by atomic mass is 32.1. The maximum atomic E-state index is 5.50. The van der Waals surface area contributed by atoms with Gasteiger partial charge in [0.25, 0.3) is 0 Å². The zero-order valence-electron chi connectivity index (χ0n) is 14.3. The summed E-state index contributed by atoms with van der Waals surface area (Å²) in [6.07, 6.45) is 1.63. The van der Waals surface area contributed by atoms with Crippen molar-refractivity contribution in [3.05, 3.63) is 41.5 Å². The second-order valence-electron chi connectivity index (χ2n) is 6.15. The highest BCUT2D eigenvalue weighted by Gasteiger charge is 2.26. The first kappa shape index (κ1) is 16.2. The second kappa shape index (κ2) is 6.89. The van der Waals surface area contributed by atoms with Gasteiger partial charge in [0.2, 0.25) is 11.7 Å². The molecule has 0 aliphatic carbocycles. The molecule has 1 unspecified atom stereocenters. The van der Waals surface area contributed by atoms with Crippen LogP contribution in [-0.2, 0) is 0 Å². The Labute approximate surface area is 150 Å². The third-order valence-corrected chi connectivity index (χ3v) is 5.38. The van der Waals surface area contributed by atoms with Crippen molar-refractivity contribution in [3.8, 4) is 10.7 Å². The van der Waals surface area contributed by atoms with Gasteiger partial charge in [-0.2, -0.15) is 4.98 Å². The van der Waals surface area contributed by atoms with Gasteiger partial charge >= 0.3 is 0 Å². The Morgan fingerprint density at radius 3 is 2.76 bits per heavy atom. The van der Waals surface area contributed by atoms with Gasteiger partial charge < -0.3 is 9.42 Å². The van der Waals surface area contributed by atoms with E-state index < -0.39 is 0 Å². The highest BCUT2D eigenvalue weighted by molar-refractivity contribution is 7.13. The smallest absolute Gasteiger partial charge is 0.244 e. The zero-order valence-corrected chi connectivity index (χ0v) is 15.1. The molecule has 0 N–H and O–H groups in total. The molecule has 0 aromatic carbocycles. The number of hydrogen-bond acceptors (Lipinski definition) is 8. The van der Waals surface area contributed by atoms with Crippen molar-refractivity contribution in [3.63, 3.8) is 0 Å². The maximum absolute atomic E-state index is 5.50. The Morgan fingerprint density at radius 2 is 2.04 bits per heavy atom. The molecule has 3 aromatic rings. The first-order valence-corrected chi connectivity index (χ1v) is 9.24. The fraction of sp³-hybridized carbons (Fsp3) is 0.412. The molecule has 130 valence electrons. The maximum Gasteiger partial charge on any atom is 0.244 e. The standard InChI is InChI=1S/C17H20N6OS/c1-12-10-15(19-11-18-12)23-7-5-22(6-8-23)13(2)17-20-16(21-24-17)14-4-3-9-25-14/h3-4,9-11,13H,5-8H2,1-2H3. The number of piperazine rings is 1. The molecule has 1 aliphatic rings. The van der Waals surface area contributed by atoms with Crippen molar-refractivity contribution in [2.75, 3.05) is 31.1 Å².